The largest absolute Gasteiger partial charge is 0.375 e. The maximum atomic E-state index is 13.6. The van der Waals surface area contributed by atoms with Crippen LogP contribution in [0.5, 0.6) is 0 Å². The monoisotopic (exact) mass is 278 g/mol. The first-order valence-corrected chi connectivity index (χ1v) is 7.43. The van der Waals surface area contributed by atoms with Crippen LogP contribution in [0.1, 0.15) is 17.5 Å². The number of ether oxygens (including phenoxy) is 1. The second kappa shape index (κ2) is 5.80. The van der Waals surface area contributed by atoms with Crippen molar-refractivity contribution < 1.29 is 9.13 Å². The molecule has 0 aromatic heterocycles. The molecule has 0 saturated carbocycles. The molecule has 0 unspecified atom stereocenters. The molecule has 2 saturated heterocycles. The van der Waals surface area contributed by atoms with E-state index in [0.717, 1.165) is 50.3 Å². The Labute approximate surface area is 120 Å². The van der Waals surface area contributed by atoms with Crippen LogP contribution in [0.4, 0.5) is 4.39 Å². The van der Waals surface area contributed by atoms with Crippen molar-refractivity contribution in [2.75, 3.05) is 33.3 Å². The minimum absolute atomic E-state index is 0.101. The van der Waals surface area contributed by atoms with Crippen molar-refractivity contribution >= 4 is 0 Å². The molecular weight excluding hydrogens is 255 g/mol. The second-order valence-electron chi connectivity index (χ2n) is 6.00. The zero-order valence-corrected chi connectivity index (χ0v) is 12.3. The van der Waals surface area contributed by atoms with E-state index in [9.17, 15) is 4.39 Å². The number of likely N-dealkylation sites (tertiary alicyclic amines) is 1. The van der Waals surface area contributed by atoms with Crippen LogP contribution < -0.4 is 0 Å². The Kier molecular flexibility index (Phi) is 4.06. The quantitative estimate of drug-likeness (QED) is 0.823. The van der Waals surface area contributed by atoms with Gasteiger partial charge in [-0.15, -0.1) is 0 Å². The van der Waals surface area contributed by atoms with Gasteiger partial charge in [-0.1, -0.05) is 12.1 Å². The topological polar surface area (TPSA) is 15.7 Å². The maximum Gasteiger partial charge on any atom is 0.126 e. The van der Waals surface area contributed by atoms with Gasteiger partial charge < -0.3 is 4.74 Å². The molecule has 3 nitrogen and oxygen atoms in total. The SMILES string of the molecule is Cc1c(F)cccc1CN1CC[C@@H]2OCCN(C)[C@H]2C1. The third-order valence-corrected chi connectivity index (χ3v) is 4.72. The highest BCUT2D eigenvalue weighted by Crippen LogP contribution is 2.24. The van der Waals surface area contributed by atoms with Crippen LogP contribution in [0.25, 0.3) is 0 Å². The lowest BCUT2D eigenvalue weighted by Crippen LogP contribution is -2.58. The summed E-state index contributed by atoms with van der Waals surface area (Å²) in [6, 6.07) is 5.85. The van der Waals surface area contributed by atoms with Crippen molar-refractivity contribution in [3.8, 4) is 0 Å². The third-order valence-electron chi connectivity index (χ3n) is 4.72. The molecule has 4 heteroatoms. The summed E-state index contributed by atoms with van der Waals surface area (Å²) in [6.07, 6.45) is 1.45. The molecule has 0 radical (unpaired) electrons. The molecule has 110 valence electrons. The van der Waals surface area contributed by atoms with Crippen molar-refractivity contribution in [1.82, 2.24) is 9.80 Å². The van der Waals surface area contributed by atoms with Gasteiger partial charge in [-0.3, -0.25) is 9.80 Å². The fraction of sp³-hybridized carbons (Fsp3) is 0.625. The highest BCUT2D eigenvalue weighted by atomic mass is 19.1. The van der Waals surface area contributed by atoms with Gasteiger partial charge in [0.1, 0.15) is 5.82 Å². The number of benzene rings is 1. The van der Waals surface area contributed by atoms with E-state index in [1.165, 1.54) is 6.07 Å². The zero-order chi connectivity index (χ0) is 14.1. The molecule has 1 aromatic rings. The molecule has 3 rings (SSSR count). The first-order valence-electron chi connectivity index (χ1n) is 7.43. The van der Waals surface area contributed by atoms with Crippen LogP contribution >= 0.6 is 0 Å². The Hall–Kier alpha value is -0.970. The van der Waals surface area contributed by atoms with E-state index in [0.29, 0.717) is 12.1 Å². The molecule has 0 aliphatic carbocycles. The average Bonchev–Trinajstić information content (AvgIpc) is 2.45. The summed E-state index contributed by atoms with van der Waals surface area (Å²) in [5.41, 5.74) is 1.88. The van der Waals surface area contributed by atoms with Gasteiger partial charge in [0.25, 0.3) is 0 Å². The molecule has 2 aliphatic rings. The van der Waals surface area contributed by atoms with Crippen LogP contribution in [0, 0.1) is 12.7 Å². The van der Waals surface area contributed by atoms with E-state index in [4.69, 9.17) is 4.74 Å². The number of likely N-dealkylation sites (N-methyl/N-ethyl adjacent to an activating group) is 1. The standard InChI is InChI=1S/C16H23FN2O/c1-12-13(4-3-5-14(12)17)10-19-7-6-16-15(11-19)18(2)8-9-20-16/h3-5,15-16H,6-11H2,1-2H3/t15-,16-/m0/s1. The molecule has 2 aliphatic heterocycles. The molecule has 2 fully saturated rings. The first-order chi connectivity index (χ1) is 9.65. The van der Waals surface area contributed by atoms with Crippen molar-refractivity contribution in [2.45, 2.75) is 32.0 Å². The summed E-state index contributed by atoms with van der Waals surface area (Å²) in [5.74, 6) is -0.101. The van der Waals surface area contributed by atoms with Crippen molar-refractivity contribution in [3.05, 3.63) is 35.1 Å². The molecule has 0 N–H and O–H groups in total. The van der Waals surface area contributed by atoms with E-state index in [2.05, 4.69) is 16.8 Å². The van der Waals surface area contributed by atoms with E-state index in [-0.39, 0.29) is 5.82 Å². The summed E-state index contributed by atoms with van der Waals surface area (Å²) < 4.78 is 19.5. The fourth-order valence-corrected chi connectivity index (χ4v) is 3.32. The first kappa shape index (κ1) is 14.0. The minimum atomic E-state index is -0.101. The smallest absolute Gasteiger partial charge is 0.126 e. The number of halogens is 1. The van der Waals surface area contributed by atoms with Gasteiger partial charge in [0.15, 0.2) is 0 Å². The highest BCUT2D eigenvalue weighted by molar-refractivity contribution is 5.27. The molecule has 2 atom stereocenters. The zero-order valence-electron chi connectivity index (χ0n) is 12.3. The summed E-state index contributed by atoms with van der Waals surface area (Å²) in [4.78, 5) is 4.83. The summed E-state index contributed by atoms with van der Waals surface area (Å²) in [5, 5.41) is 0. The summed E-state index contributed by atoms with van der Waals surface area (Å²) in [7, 11) is 2.18. The predicted molar refractivity (Wildman–Crippen MR) is 77.2 cm³/mol. The number of fused-ring (bicyclic) bond motifs is 1. The Bertz CT molecular complexity index is 480. The van der Waals surface area contributed by atoms with Gasteiger partial charge in [-0.25, -0.2) is 4.39 Å². The van der Waals surface area contributed by atoms with Gasteiger partial charge in [0, 0.05) is 32.2 Å². The fourth-order valence-electron chi connectivity index (χ4n) is 3.32. The summed E-state index contributed by atoms with van der Waals surface area (Å²) in [6.45, 7) is 6.60. The van der Waals surface area contributed by atoms with Crippen molar-refractivity contribution in [2.24, 2.45) is 0 Å². The van der Waals surface area contributed by atoms with Crippen LogP contribution in [0.15, 0.2) is 18.2 Å². The Balaban J connectivity index is 1.68. The Morgan fingerprint density at radius 3 is 3.05 bits per heavy atom. The number of morpholine rings is 1. The van der Waals surface area contributed by atoms with E-state index < -0.39 is 0 Å². The molecule has 0 bridgehead atoms. The molecule has 2 heterocycles. The molecule has 20 heavy (non-hydrogen) atoms. The molecule has 0 amide bonds. The average molecular weight is 278 g/mol. The van der Waals surface area contributed by atoms with Crippen molar-refractivity contribution in [1.29, 1.82) is 0 Å². The van der Waals surface area contributed by atoms with Gasteiger partial charge >= 0.3 is 0 Å². The molecular formula is C16H23FN2O. The number of rotatable bonds is 2. The minimum Gasteiger partial charge on any atom is -0.375 e. The Morgan fingerprint density at radius 1 is 1.35 bits per heavy atom. The lowest BCUT2D eigenvalue weighted by molar-refractivity contribution is -0.0957. The lowest BCUT2D eigenvalue weighted by atomic mass is 9.98. The lowest BCUT2D eigenvalue weighted by Gasteiger charge is -2.45. The van der Waals surface area contributed by atoms with Crippen molar-refractivity contribution in [3.63, 3.8) is 0 Å². The van der Waals surface area contributed by atoms with Gasteiger partial charge in [-0.05, 0) is 37.6 Å². The van der Waals surface area contributed by atoms with Crippen LogP contribution in [0.3, 0.4) is 0 Å². The van der Waals surface area contributed by atoms with E-state index in [1.807, 2.05) is 13.0 Å². The number of nitrogens with zero attached hydrogens (tertiary/aromatic N) is 2. The maximum absolute atomic E-state index is 13.6. The van der Waals surface area contributed by atoms with Gasteiger partial charge in [-0.2, -0.15) is 0 Å². The predicted octanol–water partition coefficient (Wildman–Crippen LogP) is 2.04. The van der Waals surface area contributed by atoms with Gasteiger partial charge in [0.05, 0.1) is 12.7 Å². The number of piperidine rings is 1. The third kappa shape index (κ3) is 2.73. The molecule has 0 spiro atoms. The Morgan fingerprint density at radius 2 is 2.20 bits per heavy atom. The van der Waals surface area contributed by atoms with Crippen LogP contribution in [-0.2, 0) is 11.3 Å². The normalized spacial score (nSPS) is 28.4. The van der Waals surface area contributed by atoms with Crippen LogP contribution in [-0.4, -0.2) is 55.2 Å². The summed E-state index contributed by atoms with van der Waals surface area (Å²) >= 11 is 0. The van der Waals surface area contributed by atoms with Gasteiger partial charge in [0.2, 0.25) is 0 Å². The van der Waals surface area contributed by atoms with E-state index >= 15 is 0 Å². The second-order valence-corrected chi connectivity index (χ2v) is 6.00. The number of hydrogen-bond donors (Lipinski definition) is 0. The number of hydrogen-bond acceptors (Lipinski definition) is 3. The van der Waals surface area contributed by atoms with Crippen LogP contribution in [0.2, 0.25) is 0 Å². The highest BCUT2D eigenvalue weighted by Gasteiger charge is 2.35. The van der Waals surface area contributed by atoms with E-state index in [1.54, 1.807) is 6.07 Å². The molecule has 1 aromatic carbocycles.